The maximum atomic E-state index is 2.33. The van der Waals surface area contributed by atoms with Crippen LogP contribution in [0.5, 0.6) is 0 Å². The fourth-order valence-corrected chi connectivity index (χ4v) is 2.93. The zero-order valence-electron chi connectivity index (χ0n) is 15.4. The van der Waals surface area contributed by atoms with Gasteiger partial charge in [-0.1, -0.05) is 91.0 Å². The monoisotopic (exact) mass is 363 g/mol. The molecule has 2 heteroatoms. The molecule has 0 saturated heterocycles. The first-order valence-electron chi connectivity index (χ1n) is 8.77. The molecule has 0 fully saturated rings. The van der Waals surface area contributed by atoms with Crippen molar-refractivity contribution < 1.29 is 0 Å². The second kappa shape index (κ2) is 9.96. The van der Waals surface area contributed by atoms with Gasteiger partial charge in [0.25, 0.3) is 0 Å². The van der Waals surface area contributed by atoms with E-state index in [9.17, 15) is 0 Å². The zero-order valence-corrected chi connectivity index (χ0v) is 16.2. The molecule has 0 bridgehead atoms. The molecule has 0 radical (unpaired) electrons. The first-order valence-corrected chi connectivity index (χ1v) is 8.77. The van der Waals surface area contributed by atoms with Gasteiger partial charge in [-0.2, -0.15) is 0 Å². The Morgan fingerprint density at radius 2 is 1.31 bits per heavy atom. The van der Waals surface area contributed by atoms with E-state index in [1.54, 1.807) is 0 Å². The Labute approximate surface area is 163 Å². The van der Waals surface area contributed by atoms with Crippen LogP contribution in [0.4, 0.5) is 0 Å². The number of hydrogen-bond acceptors (Lipinski definition) is 1. The Bertz CT molecular complexity index is 808. The maximum Gasteiger partial charge on any atom is 0.0233 e. The summed E-state index contributed by atoms with van der Waals surface area (Å²) in [6.45, 7) is 4.10. The standard InChI is InChI=1S/C24H25N.ClH/c1-20(17-18-25(2)19-21-9-5-3-6-10-21)22-13-15-24(16-14-22)23-11-7-4-8-12-23;/h3-17H,18-19H2,1-2H3;1H/b20-17+;. The van der Waals surface area contributed by atoms with Crippen molar-refractivity contribution in [1.82, 2.24) is 4.90 Å². The summed E-state index contributed by atoms with van der Waals surface area (Å²) in [5.74, 6) is 0. The minimum atomic E-state index is 0. The van der Waals surface area contributed by atoms with Gasteiger partial charge in [-0.05, 0) is 41.8 Å². The summed E-state index contributed by atoms with van der Waals surface area (Å²) in [6, 6.07) is 30.0. The van der Waals surface area contributed by atoms with Crippen LogP contribution in [0.15, 0.2) is 91.0 Å². The Morgan fingerprint density at radius 3 is 1.92 bits per heavy atom. The third-order valence-corrected chi connectivity index (χ3v) is 4.45. The van der Waals surface area contributed by atoms with Crippen molar-refractivity contribution in [1.29, 1.82) is 0 Å². The van der Waals surface area contributed by atoms with E-state index in [0.29, 0.717) is 0 Å². The smallest absolute Gasteiger partial charge is 0.0233 e. The lowest BCUT2D eigenvalue weighted by atomic mass is 10.0. The topological polar surface area (TPSA) is 3.24 Å². The van der Waals surface area contributed by atoms with E-state index in [-0.39, 0.29) is 12.4 Å². The number of benzene rings is 3. The SMILES string of the molecule is C/C(=C\CN(C)Cc1ccccc1)c1ccc(-c2ccccc2)cc1.Cl. The van der Waals surface area contributed by atoms with Crippen molar-refractivity contribution in [2.75, 3.05) is 13.6 Å². The van der Waals surface area contributed by atoms with E-state index >= 15 is 0 Å². The molecular weight excluding hydrogens is 338 g/mol. The molecule has 0 heterocycles. The van der Waals surface area contributed by atoms with Crippen LogP contribution >= 0.6 is 12.4 Å². The number of hydrogen-bond donors (Lipinski definition) is 0. The molecule has 1 nitrogen and oxygen atoms in total. The molecule has 0 spiro atoms. The Hall–Kier alpha value is -2.35. The molecule has 3 aromatic rings. The number of halogens is 1. The highest BCUT2D eigenvalue weighted by atomic mass is 35.5. The second-order valence-corrected chi connectivity index (χ2v) is 6.51. The summed E-state index contributed by atoms with van der Waals surface area (Å²) in [7, 11) is 2.16. The van der Waals surface area contributed by atoms with Crippen LogP contribution < -0.4 is 0 Å². The Morgan fingerprint density at radius 1 is 0.769 bits per heavy atom. The Kier molecular flexibility index (Phi) is 7.65. The van der Waals surface area contributed by atoms with E-state index < -0.39 is 0 Å². The first kappa shape index (κ1) is 20.0. The lowest BCUT2D eigenvalue weighted by Gasteiger charge is -2.15. The minimum absolute atomic E-state index is 0. The van der Waals surface area contributed by atoms with Gasteiger partial charge < -0.3 is 0 Å². The van der Waals surface area contributed by atoms with Crippen LogP contribution in [0.25, 0.3) is 16.7 Å². The third kappa shape index (κ3) is 5.59. The number of likely N-dealkylation sites (N-methyl/N-ethyl adjacent to an activating group) is 1. The van der Waals surface area contributed by atoms with Gasteiger partial charge in [0.15, 0.2) is 0 Å². The average molecular weight is 364 g/mol. The van der Waals surface area contributed by atoms with Crippen molar-refractivity contribution in [3.05, 3.63) is 102 Å². The van der Waals surface area contributed by atoms with Gasteiger partial charge in [0.1, 0.15) is 0 Å². The normalized spacial score (nSPS) is 11.3. The van der Waals surface area contributed by atoms with E-state index in [0.717, 1.165) is 13.1 Å². The van der Waals surface area contributed by atoms with Gasteiger partial charge in [-0.15, -0.1) is 12.4 Å². The minimum Gasteiger partial charge on any atom is -0.298 e. The fraction of sp³-hybridized carbons (Fsp3) is 0.167. The number of rotatable bonds is 6. The van der Waals surface area contributed by atoms with Gasteiger partial charge in [0.2, 0.25) is 0 Å². The predicted octanol–water partition coefficient (Wildman–Crippen LogP) is 6.31. The lowest BCUT2D eigenvalue weighted by Crippen LogP contribution is -2.17. The largest absolute Gasteiger partial charge is 0.298 e. The van der Waals surface area contributed by atoms with Crippen LogP contribution in [0, 0.1) is 0 Å². The molecule has 0 unspecified atom stereocenters. The highest BCUT2D eigenvalue weighted by Crippen LogP contribution is 2.22. The molecule has 3 aromatic carbocycles. The van der Waals surface area contributed by atoms with Crippen molar-refractivity contribution in [3.8, 4) is 11.1 Å². The van der Waals surface area contributed by atoms with Gasteiger partial charge in [-0.3, -0.25) is 4.90 Å². The molecule has 0 aliphatic heterocycles. The quantitative estimate of drug-likeness (QED) is 0.496. The summed E-state index contributed by atoms with van der Waals surface area (Å²) in [6.07, 6.45) is 2.31. The zero-order chi connectivity index (χ0) is 17.5. The van der Waals surface area contributed by atoms with E-state index in [2.05, 4.69) is 110 Å². The lowest BCUT2D eigenvalue weighted by molar-refractivity contribution is 0.363. The van der Waals surface area contributed by atoms with Crippen molar-refractivity contribution in [3.63, 3.8) is 0 Å². The molecule has 0 N–H and O–H groups in total. The summed E-state index contributed by atoms with van der Waals surface area (Å²) >= 11 is 0. The van der Waals surface area contributed by atoms with Crippen molar-refractivity contribution in [2.24, 2.45) is 0 Å². The van der Waals surface area contributed by atoms with Crippen molar-refractivity contribution in [2.45, 2.75) is 13.5 Å². The van der Waals surface area contributed by atoms with Crippen LogP contribution in [-0.2, 0) is 6.54 Å². The van der Waals surface area contributed by atoms with E-state index in [1.165, 1.54) is 27.8 Å². The first-order chi connectivity index (χ1) is 12.2. The second-order valence-electron chi connectivity index (χ2n) is 6.51. The molecule has 3 rings (SSSR count). The molecule has 0 aliphatic rings. The summed E-state index contributed by atoms with van der Waals surface area (Å²) in [4.78, 5) is 2.33. The van der Waals surface area contributed by atoms with E-state index in [4.69, 9.17) is 0 Å². The summed E-state index contributed by atoms with van der Waals surface area (Å²) in [5.41, 5.74) is 6.48. The van der Waals surface area contributed by atoms with Crippen LogP contribution in [0.1, 0.15) is 18.1 Å². The maximum absolute atomic E-state index is 2.33. The average Bonchev–Trinajstić information content (AvgIpc) is 2.68. The van der Waals surface area contributed by atoms with Crippen LogP contribution in [0.3, 0.4) is 0 Å². The van der Waals surface area contributed by atoms with Crippen LogP contribution in [0.2, 0.25) is 0 Å². The molecule has 0 aromatic heterocycles. The predicted molar refractivity (Wildman–Crippen MR) is 116 cm³/mol. The molecule has 0 atom stereocenters. The van der Waals surface area contributed by atoms with Gasteiger partial charge in [0, 0.05) is 13.1 Å². The van der Waals surface area contributed by atoms with Gasteiger partial charge in [0.05, 0.1) is 0 Å². The summed E-state index contributed by atoms with van der Waals surface area (Å²) in [5, 5.41) is 0. The molecule has 26 heavy (non-hydrogen) atoms. The Balaban J connectivity index is 0.00000243. The highest BCUT2D eigenvalue weighted by molar-refractivity contribution is 5.85. The van der Waals surface area contributed by atoms with Crippen molar-refractivity contribution >= 4 is 18.0 Å². The fourth-order valence-electron chi connectivity index (χ4n) is 2.93. The van der Waals surface area contributed by atoms with Gasteiger partial charge in [-0.25, -0.2) is 0 Å². The molecule has 0 aliphatic carbocycles. The summed E-state index contributed by atoms with van der Waals surface area (Å²) < 4.78 is 0. The molecule has 134 valence electrons. The highest BCUT2D eigenvalue weighted by Gasteiger charge is 2.01. The number of allylic oxidation sites excluding steroid dienone is 1. The molecule has 0 amide bonds. The number of nitrogens with zero attached hydrogens (tertiary/aromatic N) is 1. The third-order valence-electron chi connectivity index (χ3n) is 4.45. The van der Waals surface area contributed by atoms with Gasteiger partial charge >= 0.3 is 0 Å². The van der Waals surface area contributed by atoms with Crippen LogP contribution in [-0.4, -0.2) is 18.5 Å². The molecule has 0 saturated carbocycles. The van der Waals surface area contributed by atoms with E-state index in [1.807, 2.05) is 0 Å². The molecular formula is C24H26ClN.